The van der Waals surface area contributed by atoms with Crippen LogP contribution in [0.5, 0.6) is 0 Å². The molecule has 0 amide bonds. The highest BCUT2D eigenvalue weighted by atomic mass is 16.5. The van der Waals surface area contributed by atoms with Gasteiger partial charge in [0, 0.05) is 25.6 Å². The van der Waals surface area contributed by atoms with Crippen molar-refractivity contribution < 1.29 is 4.74 Å². The number of allylic oxidation sites excluding steroid dienone is 1. The van der Waals surface area contributed by atoms with Crippen molar-refractivity contribution in [2.75, 3.05) is 27.4 Å². The molecule has 62 valence electrons. The fourth-order valence-electron chi connectivity index (χ4n) is 1.01. The Hall–Kier alpha value is -0.830. The zero-order valence-electron chi connectivity index (χ0n) is 7.29. The molecule has 0 unspecified atom stereocenters. The van der Waals surface area contributed by atoms with Crippen LogP contribution in [0.2, 0.25) is 0 Å². The third-order valence-electron chi connectivity index (χ3n) is 1.69. The number of hydrogen-bond donors (Lipinski definition) is 0. The quantitative estimate of drug-likeness (QED) is 0.590. The SMILES string of the molecule is COCC1=CC(C)=NCN1C. The van der Waals surface area contributed by atoms with Gasteiger partial charge < -0.3 is 9.64 Å². The summed E-state index contributed by atoms with van der Waals surface area (Å²) in [6, 6.07) is 0. The standard InChI is InChI=1S/C8H14N2O/c1-7-4-8(5-11-3)10(2)6-9-7/h4H,5-6H2,1-3H3. The summed E-state index contributed by atoms with van der Waals surface area (Å²) in [4.78, 5) is 6.33. The van der Waals surface area contributed by atoms with Crippen molar-refractivity contribution >= 4 is 5.71 Å². The monoisotopic (exact) mass is 154 g/mol. The molecule has 0 aromatic carbocycles. The van der Waals surface area contributed by atoms with Crippen molar-refractivity contribution in [2.24, 2.45) is 4.99 Å². The molecule has 0 aliphatic carbocycles. The molecule has 0 atom stereocenters. The van der Waals surface area contributed by atoms with Gasteiger partial charge in [-0.15, -0.1) is 0 Å². The first-order valence-corrected chi connectivity index (χ1v) is 3.65. The van der Waals surface area contributed by atoms with Crippen molar-refractivity contribution in [3.63, 3.8) is 0 Å². The second-order valence-electron chi connectivity index (χ2n) is 2.71. The Bertz CT molecular complexity index is 196. The first kappa shape index (κ1) is 8.27. The molecule has 1 aliphatic heterocycles. The maximum atomic E-state index is 5.04. The summed E-state index contributed by atoms with van der Waals surface area (Å²) in [5, 5.41) is 0. The van der Waals surface area contributed by atoms with Crippen molar-refractivity contribution in [1.29, 1.82) is 0 Å². The van der Waals surface area contributed by atoms with Crippen molar-refractivity contribution in [2.45, 2.75) is 6.92 Å². The van der Waals surface area contributed by atoms with Gasteiger partial charge in [-0.1, -0.05) is 0 Å². The van der Waals surface area contributed by atoms with Crippen LogP contribution >= 0.6 is 0 Å². The lowest BCUT2D eigenvalue weighted by molar-refractivity contribution is 0.197. The highest BCUT2D eigenvalue weighted by Crippen LogP contribution is 2.07. The summed E-state index contributed by atoms with van der Waals surface area (Å²) >= 11 is 0. The molecule has 0 fully saturated rings. The van der Waals surface area contributed by atoms with Crippen LogP contribution in [-0.4, -0.2) is 38.0 Å². The molecule has 0 saturated heterocycles. The summed E-state index contributed by atoms with van der Waals surface area (Å²) in [5.41, 5.74) is 2.27. The molecule has 1 rings (SSSR count). The summed E-state index contributed by atoms with van der Waals surface area (Å²) in [6.07, 6.45) is 2.05. The van der Waals surface area contributed by atoms with E-state index in [0.717, 1.165) is 12.4 Å². The Labute approximate surface area is 67.4 Å². The lowest BCUT2D eigenvalue weighted by Gasteiger charge is -2.23. The van der Waals surface area contributed by atoms with Gasteiger partial charge in [-0.25, -0.2) is 0 Å². The Kier molecular flexibility index (Phi) is 2.65. The number of ether oxygens (including phenoxy) is 1. The zero-order chi connectivity index (χ0) is 8.27. The number of aliphatic imine (C=N–C) groups is 1. The second kappa shape index (κ2) is 3.53. The summed E-state index contributed by atoms with van der Waals surface area (Å²) in [6.45, 7) is 3.42. The molecule has 1 heterocycles. The molecule has 0 aromatic heterocycles. The largest absolute Gasteiger partial charge is 0.378 e. The first-order valence-electron chi connectivity index (χ1n) is 3.65. The van der Waals surface area contributed by atoms with E-state index in [4.69, 9.17) is 4.74 Å². The van der Waals surface area contributed by atoms with Crippen LogP contribution in [-0.2, 0) is 4.74 Å². The molecule has 0 saturated carbocycles. The number of methoxy groups -OCH3 is 1. The number of nitrogens with zero attached hydrogens (tertiary/aromatic N) is 2. The number of hydrogen-bond acceptors (Lipinski definition) is 3. The zero-order valence-corrected chi connectivity index (χ0v) is 7.29. The molecule has 1 aliphatic rings. The fourth-order valence-corrected chi connectivity index (χ4v) is 1.01. The third kappa shape index (κ3) is 2.05. The Morgan fingerprint density at radius 2 is 2.45 bits per heavy atom. The summed E-state index contributed by atoms with van der Waals surface area (Å²) in [7, 11) is 3.72. The van der Waals surface area contributed by atoms with Gasteiger partial charge in [0.15, 0.2) is 0 Å². The van der Waals surface area contributed by atoms with E-state index < -0.39 is 0 Å². The van der Waals surface area contributed by atoms with E-state index in [2.05, 4.69) is 9.89 Å². The van der Waals surface area contributed by atoms with Crippen molar-refractivity contribution in [3.8, 4) is 0 Å². The van der Waals surface area contributed by atoms with Crippen LogP contribution in [0.25, 0.3) is 0 Å². The van der Waals surface area contributed by atoms with Crippen LogP contribution in [0.4, 0.5) is 0 Å². The van der Waals surface area contributed by atoms with Gasteiger partial charge in [-0.2, -0.15) is 0 Å². The molecule has 0 N–H and O–H groups in total. The fraction of sp³-hybridized carbons (Fsp3) is 0.625. The van der Waals surface area contributed by atoms with E-state index in [9.17, 15) is 0 Å². The number of likely N-dealkylation sites (N-methyl/N-ethyl adjacent to an activating group) is 1. The van der Waals surface area contributed by atoms with Crippen LogP contribution in [0, 0.1) is 0 Å². The van der Waals surface area contributed by atoms with Gasteiger partial charge in [-0.05, 0) is 13.0 Å². The molecule has 11 heavy (non-hydrogen) atoms. The van der Waals surface area contributed by atoms with Crippen molar-refractivity contribution in [1.82, 2.24) is 4.90 Å². The third-order valence-corrected chi connectivity index (χ3v) is 1.69. The molecule has 3 nitrogen and oxygen atoms in total. The number of rotatable bonds is 2. The van der Waals surface area contributed by atoms with E-state index >= 15 is 0 Å². The topological polar surface area (TPSA) is 24.8 Å². The summed E-state index contributed by atoms with van der Waals surface area (Å²) < 4.78 is 5.04. The predicted octanol–water partition coefficient (Wildman–Crippen LogP) is 0.881. The van der Waals surface area contributed by atoms with Gasteiger partial charge in [0.1, 0.15) is 6.67 Å². The Morgan fingerprint density at radius 3 is 3.09 bits per heavy atom. The highest BCUT2D eigenvalue weighted by Gasteiger charge is 2.07. The predicted molar refractivity (Wildman–Crippen MR) is 45.7 cm³/mol. The minimum atomic E-state index is 0.670. The molecule has 0 aromatic rings. The van der Waals surface area contributed by atoms with E-state index in [1.54, 1.807) is 7.11 Å². The van der Waals surface area contributed by atoms with E-state index in [-0.39, 0.29) is 0 Å². The molecule has 0 bridgehead atoms. The van der Waals surface area contributed by atoms with Crippen LogP contribution in [0.3, 0.4) is 0 Å². The van der Waals surface area contributed by atoms with Gasteiger partial charge in [0.2, 0.25) is 0 Å². The van der Waals surface area contributed by atoms with Crippen molar-refractivity contribution in [3.05, 3.63) is 11.8 Å². The maximum Gasteiger partial charge on any atom is 0.110 e. The minimum Gasteiger partial charge on any atom is -0.378 e. The van der Waals surface area contributed by atoms with Gasteiger partial charge in [-0.3, -0.25) is 4.99 Å². The lowest BCUT2D eigenvalue weighted by atomic mass is 10.3. The maximum absolute atomic E-state index is 5.04. The second-order valence-corrected chi connectivity index (χ2v) is 2.71. The Morgan fingerprint density at radius 1 is 1.73 bits per heavy atom. The Balaban J connectivity index is 2.64. The molecule has 3 heteroatoms. The van der Waals surface area contributed by atoms with E-state index in [1.807, 2.05) is 20.0 Å². The van der Waals surface area contributed by atoms with E-state index in [0.29, 0.717) is 6.61 Å². The lowest BCUT2D eigenvalue weighted by Crippen LogP contribution is -2.25. The molecular formula is C8H14N2O. The average Bonchev–Trinajstić information content (AvgIpc) is 1.98. The van der Waals surface area contributed by atoms with Gasteiger partial charge in [0.25, 0.3) is 0 Å². The minimum absolute atomic E-state index is 0.670. The smallest absolute Gasteiger partial charge is 0.110 e. The highest BCUT2D eigenvalue weighted by molar-refractivity contribution is 5.93. The first-order chi connectivity index (χ1) is 5.24. The van der Waals surface area contributed by atoms with Gasteiger partial charge >= 0.3 is 0 Å². The average molecular weight is 154 g/mol. The van der Waals surface area contributed by atoms with Crippen LogP contribution < -0.4 is 0 Å². The molecule has 0 radical (unpaired) electrons. The van der Waals surface area contributed by atoms with Crippen LogP contribution in [0.15, 0.2) is 16.8 Å². The molecular weight excluding hydrogens is 140 g/mol. The molecule has 0 spiro atoms. The van der Waals surface area contributed by atoms with Gasteiger partial charge in [0.05, 0.1) is 6.61 Å². The normalized spacial score (nSPS) is 17.9. The summed E-state index contributed by atoms with van der Waals surface area (Å²) in [5.74, 6) is 0. The van der Waals surface area contributed by atoms with E-state index in [1.165, 1.54) is 5.70 Å². The van der Waals surface area contributed by atoms with Crippen LogP contribution in [0.1, 0.15) is 6.92 Å².